The van der Waals surface area contributed by atoms with Crippen molar-refractivity contribution < 1.29 is 24.2 Å². The van der Waals surface area contributed by atoms with E-state index in [4.69, 9.17) is 9.84 Å². The predicted octanol–water partition coefficient (Wildman–Crippen LogP) is 0.0243. The van der Waals surface area contributed by atoms with Crippen molar-refractivity contribution in [2.75, 3.05) is 6.61 Å². The quantitative estimate of drug-likeness (QED) is 0.647. The second-order valence-electron chi connectivity index (χ2n) is 3.29. The summed E-state index contributed by atoms with van der Waals surface area (Å²) in [6.45, 7) is 1.69. The van der Waals surface area contributed by atoms with Gasteiger partial charge in [-0.1, -0.05) is 0 Å². The molecule has 2 unspecified atom stereocenters. The summed E-state index contributed by atoms with van der Waals surface area (Å²) in [5, 5.41) is 8.35. The zero-order valence-electron chi connectivity index (χ0n) is 7.86. The Morgan fingerprint density at radius 1 is 1.50 bits per heavy atom. The Morgan fingerprint density at radius 2 is 2.14 bits per heavy atom. The SMILES string of the molecule is CC1OCC(C(=O)CCC(=O)O)C1=O. The van der Waals surface area contributed by atoms with Crippen LogP contribution in [0.5, 0.6) is 0 Å². The zero-order valence-corrected chi connectivity index (χ0v) is 7.86. The van der Waals surface area contributed by atoms with Gasteiger partial charge in [-0.2, -0.15) is 0 Å². The molecule has 0 aromatic rings. The molecule has 5 heteroatoms. The van der Waals surface area contributed by atoms with Crippen LogP contribution in [0.15, 0.2) is 0 Å². The molecular formula is C9H12O5. The van der Waals surface area contributed by atoms with E-state index in [0.717, 1.165) is 0 Å². The van der Waals surface area contributed by atoms with E-state index in [1.54, 1.807) is 6.92 Å². The van der Waals surface area contributed by atoms with Crippen LogP contribution in [-0.4, -0.2) is 35.4 Å². The minimum absolute atomic E-state index is 0.0954. The van der Waals surface area contributed by atoms with Crippen LogP contribution in [0.4, 0.5) is 0 Å². The molecule has 1 aliphatic rings. The molecule has 2 atom stereocenters. The highest BCUT2D eigenvalue weighted by Gasteiger charge is 2.36. The lowest BCUT2D eigenvalue weighted by atomic mass is 9.96. The third kappa shape index (κ3) is 2.38. The molecule has 1 fully saturated rings. The van der Waals surface area contributed by atoms with Crippen LogP contribution >= 0.6 is 0 Å². The molecule has 0 bridgehead atoms. The molecule has 14 heavy (non-hydrogen) atoms. The fraction of sp³-hybridized carbons (Fsp3) is 0.667. The van der Waals surface area contributed by atoms with Gasteiger partial charge in [0.15, 0.2) is 5.78 Å². The summed E-state index contributed by atoms with van der Waals surface area (Å²) in [6.07, 6.45) is -0.854. The number of hydrogen-bond acceptors (Lipinski definition) is 4. The summed E-state index contributed by atoms with van der Waals surface area (Å²) in [4.78, 5) is 32.8. The lowest BCUT2D eigenvalue weighted by Crippen LogP contribution is -2.25. The van der Waals surface area contributed by atoms with Gasteiger partial charge in [0.2, 0.25) is 0 Å². The topological polar surface area (TPSA) is 80.7 Å². The van der Waals surface area contributed by atoms with Gasteiger partial charge in [0.25, 0.3) is 0 Å². The van der Waals surface area contributed by atoms with E-state index in [1.807, 2.05) is 0 Å². The van der Waals surface area contributed by atoms with Gasteiger partial charge in [-0.3, -0.25) is 14.4 Å². The number of ketones is 2. The molecule has 0 radical (unpaired) electrons. The van der Waals surface area contributed by atoms with Crippen molar-refractivity contribution in [2.45, 2.75) is 25.9 Å². The molecule has 0 aromatic carbocycles. The number of carboxylic acids is 1. The first-order chi connectivity index (χ1) is 6.52. The molecule has 0 saturated carbocycles. The molecule has 1 aliphatic heterocycles. The van der Waals surface area contributed by atoms with Gasteiger partial charge in [0.05, 0.1) is 13.0 Å². The summed E-state index contributed by atoms with van der Waals surface area (Å²) in [6, 6.07) is 0. The summed E-state index contributed by atoms with van der Waals surface area (Å²) < 4.78 is 4.99. The van der Waals surface area contributed by atoms with Gasteiger partial charge in [-0.15, -0.1) is 0 Å². The first-order valence-corrected chi connectivity index (χ1v) is 4.42. The number of rotatable bonds is 4. The van der Waals surface area contributed by atoms with Gasteiger partial charge in [-0.25, -0.2) is 0 Å². The highest BCUT2D eigenvalue weighted by atomic mass is 16.5. The van der Waals surface area contributed by atoms with E-state index >= 15 is 0 Å². The first kappa shape index (κ1) is 10.8. The summed E-state index contributed by atoms with van der Waals surface area (Å²) in [7, 11) is 0. The number of hydrogen-bond donors (Lipinski definition) is 1. The molecule has 5 nitrogen and oxygen atoms in total. The predicted molar refractivity (Wildman–Crippen MR) is 45.8 cm³/mol. The lowest BCUT2D eigenvalue weighted by Gasteiger charge is -2.03. The fourth-order valence-corrected chi connectivity index (χ4v) is 1.34. The molecule has 1 rings (SSSR count). The maximum Gasteiger partial charge on any atom is 0.303 e. The Bertz CT molecular complexity index is 270. The Balaban J connectivity index is 2.46. The van der Waals surface area contributed by atoms with E-state index in [0.29, 0.717) is 0 Å². The Labute approximate surface area is 81.0 Å². The monoisotopic (exact) mass is 200 g/mol. The van der Waals surface area contributed by atoms with Crippen LogP contribution in [0.3, 0.4) is 0 Å². The molecule has 0 spiro atoms. The van der Waals surface area contributed by atoms with E-state index in [-0.39, 0.29) is 31.0 Å². The summed E-state index contributed by atoms with van der Waals surface area (Å²) >= 11 is 0. The van der Waals surface area contributed by atoms with Crippen molar-refractivity contribution in [2.24, 2.45) is 5.92 Å². The molecular weight excluding hydrogens is 188 g/mol. The van der Waals surface area contributed by atoms with Gasteiger partial charge in [-0.05, 0) is 6.92 Å². The highest BCUT2D eigenvalue weighted by molar-refractivity contribution is 6.05. The molecule has 1 heterocycles. The number of carbonyl (C=O) groups excluding carboxylic acids is 2. The molecule has 0 aromatic heterocycles. The zero-order chi connectivity index (χ0) is 10.7. The molecule has 0 aliphatic carbocycles. The van der Waals surface area contributed by atoms with Crippen molar-refractivity contribution >= 4 is 17.5 Å². The van der Waals surface area contributed by atoms with Crippen molar-refractivity contribution in [3.05, 3.63) is 0 Å². The lowest BCUT2D eigenvalue weighted by molar-refractivity contribution is -0.140. The fourth-order valence-electron chi connectivity index (χ4n) is 1.34. The maximum atomic E-state index is 11.3. The number of aliphatic carboxylic acids is 1. The van der Waals surface area contributed by atoms with Crippen molar-refractivity contribution in [1.82, 2.24) is 0 Å². The smallest absolute Gasteiger partial charge is 0.303 e. The van der Waals surface area contributed by atoms with E-state index < -0.39 is 18.0 Å². The Kier molecular flexibility index (Phi) is 3.35. The van der Waals surface area contributed by atoms with Crippen LogP contribution < -0.4 is 0 Å². The van der Waals surface area contributed by atoms with Crippen LogP contribution in [0.2, 0.25) is 0 Å². The van der Waals surface area contributed by atoms with Crippen LogP contribution in [-0.2, 0) is 19.1 Å². The molecule has 1 saturated heterocycles. The van der Waals surface area contributed by atoms with Crippen molar-refractivity contribution in [1.29, 1.82) is 0 Å². The maximum absolute atomic E-state index is 11.3. The largest absolute Gasteiger partial charge is 0.481 e. The van der Waals surface area contributed by atoms with Crippen molar-refractivity contribution in [3.8, 4) is 0 Å². The van der Waals surface area contributed by atoms with Gasteiger partial charge >= 0.3 is 5.97 Å². The van der Waals surface area contributed by atoms with Gasteiger partial charge in [0, 0.05) is 6.42 Å². The standard InChI is InChI=1S/C9H12O5/c1-5-9(13)6(4-14-5)7(10)2-3-8(11)12/h5-6H,2-4H2,1H3,(H,11,12). The van der Waals surface area contributed by atoms with Crippen LogP contribution in [0, 0.1) is 5.92 Å². The summed E-state index contributed by atoms with van der Waals surface area (Å²) in [5.41, 5.74) is 0. The van der Waals surface area contributed by atoms with E-state index in [1.165, 1.54) is 0 Å². The van der Waals surface area contributed by atoms with Crippen molar-refractivity contribution in [3.63, 3.8) is 0 Å². The molecule has 78 valence electrons. The number of Topliss-reactive ketones (excluding diaryl/α,β-unsaturated/α-hetero) is 2. The summed E-state index contributed by atoms with van der Waals surface area (Å²) in [5.74, 6) is -2.34. The minimum atomic E-state index is -1.03. The Morgan fingerprint density at radius 3 is 2.57 bits per heavy atom. The van der Waals surface area contributed by atoms with Gasteiger partial charge < -0.3 is 9.84 Å². The average Bonchev–Trinajstić information content (AvgIpc) is 2.44. The second-order valence-corrected chi connectivity index (χ2v) is 3.29. The van der Waals surface area contributed by atoms with Crippen LogP contribution in [0.1, 0.15) is 19.8 Å². The third-order valence-electron chi connectivity index (χ3n) is 2.23. The normalized spacial score (nSPS) is 26.5. The third-order valence-corrected chi connectivity index (χ3v) is 2.23. The highest BCUT2D eigenvalue weighted by Crippen LogP contribution is 2.17. The molecule has 0 amide bonds. The number of carboxylic acid groups (broad SMARTS) is 1. The van der Waals surface area contributed by atoms with Gasteiger partial charge in [0.1, 0.15) is 17.8 Å². The average molecular weight is 200 g/mol. The number of carbonyl (C=O) groups is 3. The van der Waals surface area contributed by atoms with Crippen LogP contribution in [0.25, 0.3) is 0 Å². The second kappa shape index (κ2) is 4.32. The Hall–Kier alpha value is -1.23. The minimum Gasteiger partial charge on any atom is -0.481 e. The first-order valence-electron chi connectivity index (χ1n) is 4.42. The van der Waals surface area contributed by atoms with E-state index in [2.05, 4.69) is 0 Å². The molecule has 1 N–H and O–H groups in total. The van der Waals surface area contributed by atoms with E-state index in [9.17, 15) is 14.4 Å². The number of ether oxygens (including phenoxy) is 1.